The maximum absolute atomic E-state index is 12.5. The van der Waals surface area contributed by atoms with Crippen LogP contribution in [0.3, 0.4) is 0 Å². The standard InChI is InChI=1S/C14H16ClF3N2/c15-4-1-5-20-8-11-6-13(11,9-20)10-2-3-12(19-7-10)14(16,17)18/h2-3,7,11H,1,4-6,8-9H2/t11-,13+/m1/s1. The molecule has 0 amide bonds. The quantitative estimate of drug-likeness (QED) is 0.794. The van der Waals surface area contributed by atoms with E-state index in [1.165, 1.54) is 6.20 Å². The molecule has 110 valence electrons. The first-order valence-corrected chi connectivity index (χ1v) is 7.31. The Labute approximate surface area is 120 Å². The molecule has 1 aliphatic heterocycles. The van der Waals surface area contributed by atoms with Gasteiger partial charge in [-0.15, -0.1) is 11.6 Å². The number of alkyl halides is 4. The highest BCUT2D eigenvalue weighted by Crippen LogP contribution is 2.58. The molecule has 1 saturated heterocycles. The molecule has 0 radical (unpaired) electrons. The monoisotopic (exact) mass is 304 g/mol. The van der Waals surface area contributed by atoms with Crippen molar-refractivity contribution in [3.05, 3.63) is 29.6 Å². The smallest absolute Gasteiger partial charge is 0.302 e. The van der Waals surface area contributed by atoms with Crippen molar-refractivity contribution in [1.82, 2.24) is 9.88 Å². The summed E-state index contributed by atoms with van der Waals surface area (Å²) in [6.45, 7) is 2.91. The van der Waals surface area contributed by atoms with Gasteiger partial charge in [0.2, 0.25) is 0 Å². The summed E-state index contributed by atoms with van der Waals surface area (Å²) in [6, 6.07) is 2.70. The topological polar surface area (TPSA) is 16.1 Å². The van der Waals surface area contributed by atoms with E-state index in [0.29, 0.717) is 11.8 Å². The molecule has 0 N–H and O–H groups in total. The number of fused-ring (bicyclic) bond motifs is 1. The largest absolute Gasteiger partial charge is 0.433 e. The molecule has 1 aliphatic carbocycles. The molecular weight excluding hydrogens is 289 g/mol. The van der Waals surface area contributed by atoms with Crippen molar-refractivity contribution in [3.8, 4) is 0 Å². The third-order valence-corrected chi connectivity index (χ3v) is 4.72. The van der Waals surface area contributed by atoms with E-state index in [4.69, 9.17) is 11.6 Å². The van der Waals surface area contributed by atoms with Crippen LogP contribution in [0.5, 0.6) is 0 Å². The van der Waals surface area contributed by atoms with E-state index in [9.17, 15) is 13.2 Å². The minimum atomic E-state index is -4.36. The van der Waals surface area contributed by atoms with Gasteiger partial charge in [0.25, 0.3) is 0 Å². The van der Waals surface area contributed by atoms with Gasteiger partial charge in [-0.3, -0.25) is 4.98 Å². The van der Waals surface area contributed by atoms with Crippen molar-refractivity contribution in [1.29, 1.82) is 0 Å². The van der Waals surface area contributed by atoms with Crippen LogP contribution in [-0.4, -0.2) is 35.4 Å². The van der Waals surface area contributed by atoms with Crippen LogP contribution in [0.1, 0.15) is 24.1 Å². The van der Waals surface area contributed by atoms with E-state index in [-0.39, 0.29) is 5.41 Å². The van der Waals surface area contributed by atoms with Crippen LogP contribution >= 0.6 is 11.6 Å². The maximum Gasteiger partial charge on any atom is 0.433 e. The first-order chi connectivity index (χ1) is 9.45. The maximum atomic E-state index is 12.5. The zero-order chi connectivity index (χ0) is 14.4. The summed E-state index contributed by atoms with van der Waals surface area (Å²) in [5.74, 6) is 1.21. The SMILES string of the molecule is FC(F)(F)c1ccc([C@@]23C[C@@H]2CN(CCCCl)C3)cn1. The molecule has 2 atom stereocenters. The highest BCUT2D eigenvalue weighted by Gasteiger charge is 2.60. The van der Waals surface area contributed by atoms with Crippen molar-refractivity contribution in [2.24, 2.45) is 5.92 Å². The van der Waals surface area contributed by atoms with Gasteiger partial charge in [-0.05, 0) is 36.9 Å². The molecule has 20 heavy (non-hydrogen) atoms. The number of likely N-dealkylation sites (tertiary alicyclic amines) is 1. The van der Waals surface area contributed by atoms with E-state index in [0.717, 1.165) is 44.1 Å². The number of pyridine rings is 1. The zero-order valence-corrected chi connectivity index (χ0v) is 11.7. The Morgan fingerprint density at radius 3 is 2.80 bits per heavy atom. The fourth-order valence-electron chi connectivity index (χ4n) is 3.34. The normalized spacial score (nSPS) is 29.5. The summed E-state index contributed by atoms with van der Waals surface area (Å²) in [6.07, 6.45) is -0.928. The van der Waals surface area contributed by atoms with E-state index >= 15 is 0 Å². The van der Waals surface area contributed by atoms with Gasteiger partial charge in [0.05, 0.1) is 0 Å². The molecule has 1 saturated carbocycles. The summed E-state index contributed by atoms with van der Waals surface area (Å²) >= 11 is 5.70. The van der Waals surface area contributed by atoms with Crippen molar-refractivity contribution >= 4 is 11.6 Å². The first kappa shape index (κ1) is 14.1. The number of nitrogens with zero attached hydrogens (tertiary/aromatic N) is 2. The van der Waals surface area contributed by atoms with E-state index in [2.05, 4.69) is 9.88 Å². The predicted octanol–water partition coefficient (Wildman–Crippen LogP) is 3.30. The second-order valence-electron chi connectivity index (χ2n) is 5.76. The van der Waals surface area contributed by atoms with Crippen LogP contribution in [0, 0.1) is 5.92 Å². The summed E-state index contributed by atoms with van der Waals surface area (Å²) < 4.78 is 37.6. The molecule has 0 aromatic carbocycles. The van der Waals surface area contributed by atoms with Crippen LogP contribution in [0.4, 0.5) is 13.2 Å². The molecule has 2 fully saturated rings. The molecule has 2 heterocycles. The number of hydrogen-bond acceptors (Lipinski definition) is 2. The van der Waals surface area contributed by atoms with Crippen molar-refractivity contribution in [3.63, 3.8) is 0 Å². The molecular formula is C14H16ClF3N2. The first-order valence-electron chi connectivity index (χ1n) is 6.78. The summed E-state index contributed by atoms with van der Waals surface area (Å²) in [5.41, 5.74) is 0.180. The summed E-state index contributed by atoms with van der Waals surface area (Å²) in [5, 5.41) is 0. The molecule has 2 nitrogen and oxygen atoms in total. The molecule has 1 aromatic rings. The number of aromatic nitrogens is 1. The van der Waals surface area contributed by atoms with E-state index in [1.807, 2.05) is 0 Å². The second-order valence-corrected chi connectivity index (χ2v) is 6.14. The van der Waals surface area contributed by atoms with Gasteiger partial charge in [0, 0.05) is 30.6 Å². The van der Waals surface area contributed by atoms with Crippen molar-refractivity contribution in [2.75, 3.05) is 25.5 Å². The van der Waals surface area contributed by atoms with Gasteiger partial charge < -0.3 is 4.90 Å². The Morgan fingerprint density at radius 2 is 2.20 bits per heavy atom. The molecule has 1 aromatic heterocycles. The van der Waals surface area contributed by atoms with Gasteiger partial charge >= 0.3 is 6.18 Å². The average Bonchev–Trinajstić information content (AvgIpc) is 2.99. The molecule has 2 aliphatic rings. The molecule has 6 heteroatoms. The number of piperidine rings is 1. The summed E-state index contributed by atoms with van der Waals surface area (Å²) in [4.78, 5) is 5.94. The Bertz CT molecular complexity index is 488. The van der Waals surface area contributed by atoms with Crippen LogP contribution in [0.15, 0.2) is 18.3 Å². The van der Waals surface area contributed by atoms with Gasteiger partial charge in [-0.25, -0.2) is 0 Å². The van der Waals surface area contributed by atoms with Crippen LogP contribution < -0.4 is 0 Å². The molecule has 0 unspecified atom stereocenters. The Kier molecular flexibility index (Phi) is 3.45. The molecule has 3 rings (SSSR count). The van der Waals surface area contributed by atoms with E-state index < -0.39 is 11.9 Å². The predicted molar refractivity (Wildman–Crippen MR) is 70.8 cm³/mol. The lowest BCUT2D eigenvalue weighted by Gasteiger charge is -2.20. The minimum absolute atomic E-state index is 0.0451. The summed E-state index contributed by atoms with van der Waals surface area (Å²) in [7, 11) is 0. The zero-order valence-electron chi connectivity index (χ0n) is 11.0. The van der Waals surface area contributed by atoms with Crippen molar-refractivity contribution in [2.45, 2.75) is 24.4 Å². The Balaban J connectivity index is 1.71. The Morgan fingerprint density at radius 1 is 1.40 bits per heavy atom. The van der Waals surface area contributed by atoms with Gasteiger partial charge in [0.1, 0.15) is 5.69 Å². The average molecular weight is 305 g/mol. The molecule has 0 spiro atoms. The third kappa shape index (κ3) is 2.42. The van der Waals surface area contributed by atoms with Gasteiger partial charge in [0.15, 0.2) is 0 Å². The highest BCUT2D eigenvalue weighted by atomic mass is 35.5. The lowest BCUT2D eigenvalue weighted by Crippen LogP contribution is -2.28. The Hall–Kier alpha value is -0.810. The fraction of sp³-hybridized carbons (Fsp3) is 0.643. The molecule has 0 bridgehead atoms. The lowest BCUT2D eigenvalue weighted by molar-refractivity contribution is -0.141. The van der Waals surface area contributed by atoms with Gasteiger partial charge in [-0.1, -0.05) is 6.07 Å². The number of hydrogen-bond donors (Lipinski definition) is 0. The highest BCUT2D eigenvalue weighted by molar-refractivity contribution is 6.17. The van der Waals surface area contributed by atoms with Crippen LogP contribution in [0.2, 0.25) is 0 Å². The fourth-order valence-corrected chi connectivity index (χ4v) is 3.46. The lowest BCUT2D eigenvalue weighted by atomic mass is 9.96. The van der Waals surface area contributed by atoms with Gasteiger partial charge in [-0.2, -0.15) is 13.2 Å². The number of halogens is 4. The minimum Gasteiger partial charge on any atom is -0.302 e. The van der Waals surface area contributed by atoms with Crippen LogP contribution in [0.25, 0.3) is 0 Å². The third-order valence-electron chi connectivity index (χ3n) is 4.45. The van der Waals surface area contributed by atoms with Crippen LogP contribution in [-0.2, 0) is 11.6 Å². The second kappa shape index (κ2) is 4.88. The van der Waals surface area contributed by atoms with E-state index in [1.54, 1.807) is 6.07 Å². The van der Waals surface area contributed by atoms with Crippen molar-refractivity contribution < 1.29 is 13.2 Å². The number of rotatable bonds is 4.